The molecular weight excluding hydrogens is 320 g/mol. The summed E-state index contributed by atoms with van der Waals surface area (Å²) in [4.78, 5) is 22.2. The zero-order chi connectivity index (χ0) is 16.8. The fraction of sp³-hybridized carbons (Fsp3) is 0.444. The first-order chi connectivity index (χ1) is 11.8. The number of amides is 2. The van der Waals surface area contributed by atoms with Gasteiger partial charge in [-0.15, -0.1) is 0 Å². The van der Waals surface area contributed by atoms with Crippen LogP contribution in [0.1, 0.15) is 43.6 Å². The van der Waals surface area contributed by atoms with Gasteiger partial charge in [-0.2, -0.15) is 11.8 Å². The molecule has 0 radical (unpaired) electrons. The summed E-state index contributed by atoms with van der Waals surface area (Å²) >= 11 is 1.88. The number of carbonyl (C=O) groups excluding carboxylic acids is 1. The van der Waals surface area contributed by atoms with Gasteiger partial charge in [0.1, 0.15) is 5.82 Å². The molecule has 6 heteroatoms. The number of imidazole rings is 1. The highest BCUT2D eigenvalue weighted by Gasteiger charge is 2.29. The molecule has 128 valence electrons. The standard InChI is InChI=1S/C18H24N4OS/c1-2-24-13-14-6-5-7-15(12-14)21-18(23)22-11-4-3-8-16(22)17-19-9-10-20-17/h5-7,9-10,12,16H,2-4,8,11,13H2,1H3,(H,19,20)(H,21,23)/t16-/m0/s1. The van der Waals surface area contributed by atoms with Crippen molar-refractivity contribution in [1.29, 1.82) is 0 Å². The molecule has 1 aliphatic heterocycles. The predicted molar refractivity (Wildman–Crippen MR) is 99.2 cm³/mol. The van der Waals surface area contributed by atoms with Crippen molar-refractivity contribution in [3.8, 4) is 0 Å². The van der Waals surface area contributed by atoms with Crippen molar-refractivity contribution in [2.45, 2.75) is 38.0 Å². The van der Waals surface area contributed by atoms with Crippen LogP contribution >= 0.6 is 11.8 Å². The molecule has 24 heavy (non-hydrogen) atoms. The highest BCUT2D eigenvalue weighted by atomic mass is 32.2. The lowest BCUT2D eigenvalue weighted by atomic mass is 10.0. The molecule has 0 saturated carbocycles. The average Bonchev–Trinajstić information content (AvgIpc) is 3.15. The molecule has 1 fully saturated rings. The number of nitrogens with zero attached hydrogens (tertiary/aromatic N) is 2. The number of benzene rings is 1. The van der Waals surface area contributed by atoms with E-state index in [1.165, 1.54) is 5.56 Å². The summed E-state index contributed by atoms with van der Waals surface area (Å²) in [5.41, 5.74) is 2.10. The van der Waals surface area contributed by atoms with Crippen LogP contribution in [0.5, 0.6) is 0 Å². The maximum absolute atomic E-state index is 12.8. The number of likely N-dealkylation sites (tertiary alicyclic amines) is 1. The number of rotatable bonds is 5. The number of hydrogen-bond donors (Lipinski definition) is 2. The minimum absolute atomic E-state index is 0.0348. The molecule has 1 aromatic heterocycles. The highest BCUT2D eigenvalue weighted by Crippen LogP contribution is 2.29. The Bertz CT molecular complexity index is 659. The van der Waals surface area contributed by atoms with Gasteiger partial charge in [-0.25, -0.2) is 9.78 Å². The summed E-state index contributed by atoms with van der Waals surface area (Å²) in [6.07, 6.45) is 6.68. The molecule has 2 amide bonds. The Labute approximate surface area is 147 Å². The van der Waals surface area contributed by atoms with Crippen molar-refractivity contribution in [1.82, 2.24) is 14.9 Å². The summed E-state index contributed by atoms with van der Waals surface area (Å²) in [5, 5.41) is 3.06. The van der Waals surface area contributed by atoms with E-state index in [1.54, 1.807) is 6.20 Å². The van der Waals surface area contributed by atoms with Crippen LogP contribution in [0.25, 0.3) is 0 Å². The Balaban J connectivity index is 1.69. The van der Waals surface area contributed by atoms with Gasteiger partial charge in [0.2, 0.25) is 0 Å². The molecule has 2 heterocycles. The molecule has 0 aliphatic carbocycles. The van der Waals surface area contributed by atoms with E-state index in [2.05, 4.69) is 34.3 Å². The lowest BCUT2D eigenvalue weighted by molar-refractivity contribution is 0.160. The summed E-state index contributed by atoms with van der Waals surface area (Å²) in [7, 11) is 0. The topological polar surface area (TPSA) is 61.0 Å². The first-order valence-electron chi connectivity index (χ1n) is 8.51. The highest BCUT2D eigenvalue weighted by molar-refractivity contribution is 7.98. The molecule has 1 aromatic carbocycles. The Morgan fingerprint density at radius 2 is 2.38 bits per heavy atom. The third kappa shape index (κ3) is 4.12. The van der Waals surface area contributed by atoms with Crippen LogP contribution < -0.4 is 5.32 Å². The first kappa shape index (κ1) is 16.9. The number of thioether (sulfide) groups is 1. The smallest absolute Gasteiger partial charge is 0.322 e. The van der Waals surface area contributed by atoms with Gasteiger partial charge in [0.05, 0.1) is 6.04 Å². The van der Waals surface area contributed by atoms with Gasteiger partial charge in [0.25, 0.3) is 0 Å². The van der Waals surface area contributed by atoms with Gasteiger partial charge in [0, 0.05) is 30.4 Å². The van der Waals surface area contributed by atoms with Crippen LogP contribution in [-0.2, 0) is 5.75 Å². The Morgan fingerprint density at radius 3 is 3.17 bits per heavy atom. The van der Waals surface area contributed by atoms with E-state index in [9.17, 15) is 4.79 Å². The third-order valence-electron chi connectivity index (χ3n) is 4.25. The zero-order valence-corrected chi connectivity index (χ0v) is 14.8. The fourth-order valence-corrected chi connectivity index (χ4v) is 3.69. The molecule has 5 nitrogen and oxygen atoms in total. The summed E-state index contributed by atoms with van der Waals surface area (Å²) < 4.78 is 0. The van der Waals surface area contributed by atoms with E-state index in [-0.39, 0.29) is 12.1 Å². The van der Waals surface area contributed by atoms with Crippen molar-refractivity contribution < 1.29 is 4.79 Å². The number of H-pyrrole nitrogens is 1. The number of nitrogens with one attached hydrogen (secondary N) is 2. The van der Waals surface area contributed by atoms with E-state index in [0.29, 0.717) is 0 Å². The van der Waals surface area contributed by atoms with Gasteiger partial charge >= 0.3 is 6.03 Å². The van der Waals surface area contributed by atoms with Gasteiger partial charge in [-0.3, -0.25) is 0 Å². The van der Waals surface area contributed by atoms with Crippen molar-refractivity contribution in [2.24, 2.45) is 0 Å². The monoisotopic (exact) mass is 344 g/mol. The normalized spacial score (nSPS) is 17.7. The van der Waals surface area contributed by atoms with Gasteiger partial charge in [-0.1, -0.05) is 19.1 Å². The number of urea groups is 1. The van der Waals surface area contributed by atoms with Crippen LogP contribution in [0.2, 0.25) is 0 Å². The van der Waals surface area contributed by atoms with E-state index < -0.39 is 0 Å². The quantitative estimate of drug-likeness (QED) is 0.844. The fourth-order valence-electron chi connectivity index (χ4n) is 3.07. The third-order valence-corrected chi connectivity index (χ3v) is 5.20. The minimum atomic E-state index is -0.0450. The number of aromatic nitrogens is 2. The maximum Gasteiger partial charge on any atom is 0.322 e. The van der Waals surface area contributed by atoms with E-state index in [4.69, 9.17) is 0 Å². The molecule has 3 rings (SSSR count). The van der Waals surface area contributed by atoms with E-state index in [0.717, 1.165) is 48.8 Å². The van der Waals surface area contributed by atoms with Crippen LogP contribution in [0.3, 0.4) is 0 Å². The number of carbonyl (C=O) groups is 1. The summed E-state index contributed by atoms with van der Waals surface area (Å²) in [6.45, 7) is 2.92. The number of anilines is 1. The second-order valence-corrected chi connectivity index (χ2v) is 7.22. The molecule has 0 bridgehead atoms. The predicted octanol–water partition coefficient (Wildman–Crippen LogP) is 4.42. The summed E-state index contributed by atoms with van der Waals surface area (Å²) in [5.74, 6) is 2.94. The molecule has 1 aliphatic rings. The lowest BCUT2D eigenvalue weighted by Gasteiger charge is -2.34. The van der Waals surface area contributed by atoms with Crippen molar-refractivity contribution in [2.75, 3.05) is 17.6 Å². The van der Waals surface area contributed by atoms with Gasteiger partial charge in [-0.05, 0) is 42.7 Å². The largest absolute Gasteiger partial charge is 0.347 e. The average molecular weight is 344 g/mol. The van der Waals surface area contributed by atoms with Gasteiger partial charge < -0.3 is 15.2 Å². The molecule has 0 spiro atoms. The second-order valence-electron chi connectivity index (χ2n) is 5.95. The molecule has 1 atom stereocenters. The number of aromatic amines is 1. The summed E-state index contributed by atoms with van der Waals surface area (Å²) in [6, 6.07) is 8.10. The van der Waals surface area contributed by atoms with Crippen LogP contribution in [0, 0.1) is 0 Å². The number of piperidine rings is 1. The SMILES string of the molecule is CCSCc1cccc(NC(=O)N2CCCC[C@H]2c2ncc[nH]2)c1. The minimum Gasteiger partial charge on any atom is -0.347 e. The maximum atomic E-state index is 12.8. The van der Waals surface area contributed by atoms with Gasteiger partial charge in [0.15, 0.2) is 0 Å². The molecule has 1 saturated heterocycles. The van der Waals surface area contributed by atoms with Crippen LogP contribution in [0.15, 0.2) is 36.7 Å². The Kier molecular flexibility index (Phi) is 5.80. The van der Waals surface area contributed by atoms with Crippen molar-refractivity contribution >= 4 is 23.5 Å². The van der Waals surface area contributed by atoms with Crippen LogP contribution in [-0.4, -0.2) is 33.2 Å². The van der Waals surface area contributed by atoms with E-state index >= 15 is 0 Å². The van der Waals surface area contributed by atoms with Crippen molar-refractivity contribution in [3.05, 3.63) is 48.0 Å². The van der Waals surface area contributed by atoms with Crippen molar-refractivity contribution in [3.63, 3.8) is 0 Å². The second kappa shape index (κ2) is 8.24. The Hall–Kier alpha value is -1.95. The van der Waals surface area contributed by atoms with Crippen LogP contribution in [0.4, 0.5) is 10.5 Å². The Morgan fingerprint density at radius 1 is 1.46 bits per heavy atom. The molecule has 0 unspecified atom stereocenters. The molecular formula is C18H24N4OS. The molecule has 2 N–H and O–H groups in total. The lowest BCUT2D eigenvalue weighted by Crippen LogP contribution is -2.41. The van der Waals surface area contributed by atoms with E-state index in [1.807, 2.05) is 35.0 Å². The molecule has 2 aromatic rings. The first-order valence-corrected chi connectivity index (χ1v) is 9.67. The number of hydrogen-bond acceptors (Lipinski definition) is 3. The zero-order valence-electron chi connectivity index (χ0n) is 14.0.